The number of hydrogen-bond donors (Lipinski definition) is 0. The zero-order chi connectivity index (χ0) is 18.1. The third-order valence-electron chi connectivity index (χ3n) is 4.16. The zero-order valence-electron chi connectivity index (χ0n) is 14.7. The number of pyridine rings is 1. The average Bonchev–Trinajstić information content (AvgIpc) is 2.64. The molecule has 1 aromatic heterocycles. The Morgan fingerprint density at radius 3 is 2.88 bits per heavy atom. The number of amides is 1. The number of alkyl halides is 1. The van der Waals surface area contributed by atoms with Gasteiger partial charge in [-0.1, -0.05) is 47.7 Å². The van der Waals surface area contributed by atoms with Crippen LogP contribution in [0.5, 0.6) is 0 Å². The number of rotatable bonds is 7. The van der Waals surface area contributed by atoms with Crippen molar-refractivity contribution in [3.8, 4) is 0 Å². The van der Waals surface area contributed by atoms with Crippen molar-refractivity contribution in [2.24, 2.45) is 5.92 Å². The van der Waals surface area contributed by atoms with E-state index in [1.165, 1.54) is 0 Å². The van der Waals surface area contributed by atoms with E-state index < -0.39 is 0 Å². The summed E-state index contributed by atoms with van der Waals surface area (Å²) in [6, 6.07) is 1.86. The van der Waals surface area contributed by atoms with Gasteiger partial charge in [0, 0.05) is 36.4 Å². The van der Waals surface area contributed by atoms with Gasteiger partial charge >= 0.3 is 0 Å². The molecule has 1 aromatic rings. The molecule has 0 saturated carbocycles. The summed E-state index contributed by atoms with van der Waals surface area (Å²) in [5.74, 6) is 1.33. The fourth-order valence-corrected chi connectivity index (χ4v) is 2.81. The van der Waals surface area contributed by atoms with Crippen LogP contribution in [0.2, 0.25) is 0 Å². The number of allylic oxidation sites excluding steroid dienone is 4. The largest absolute Gasteiger partial charge is 0.489 e. The van der Waals surface area contributed by atoms with E-state index in [0.29, 0.717) is 23.8 Å². The van der Waals surface area contributed by atoms with E-state index in [2.05, 4.69) is 34.4 Å². The molecule has 5 heteroatoms. The van der Waals surface area contributed by atoms with Crippen molar-refractivity contribution in [1.29, 1.82) is 0 Å². The van der Waals surface area contributed by atoms with Gasteiger partial charge in [0.25, 0.3) is 5.91 Å². The summed E-state index contributed by atoms with van der Waals surface area (Å²) in [7, 11) is 0. The molecule has 25 heavy (non-hydrogen) atoms. The Hall–Kier alpha value is -1.88. The molecule has 0 bridgehead atoms. The summed E-state index contributed by atoms with van der Waals surface area (Å²) in [4.78, 5) is 18.7. The summed E-state index contributed by atoms with van der Waals surface area (Å²) < 4.78 is 5.61. The molecular formula is C20H25BrN2O2. The number of ether oxygens (including phenoxy) is 1. The van der Waals surface area contributed by atoms with Crippen LogP contribution in [0.4, 0.5) is 0 Å². The summed E-state index contributed by atoms with van der Waals surface area (Å²) in [5, 5.41) is 0.813. The first-order valence-corrected chi connectivity index (χ1v) is 9.66. The van der Waals surface area contributed by atoms with Crippen molar-refractivity contribution in [1.82, 2.24) is 9.88 Å². The minimum absolute atomic E-state index is 0.0554. The van der Waals surface area contributed by atoms with Crippen LogP contribution in [-0.2, 0) is 11.3 Å². The number of likely N-dealkylation sites (tertiary alicyclic amines) is 1. The lowest BCUT2D eigenvalue weighted by molar-refractivity contribution is 0.0696. The molecule has 1 saturated heterocycles. The molecular weight excluding hydrogens is 380 g/mol. The summed E-state index contributed by atoms with van der Waals surface area (Å²) in [5.41, 5.74) is 1.49. The van der Waals surface area contributed by atoms with E-state index in [4.69, 9.17) is 4.74 Å². The normalized spacial score (nSPS) is 15.8. The van der Waals surface area contributed by atoms with E-state index in [-0.39, 0.29) is 5.91 Å². The van der Waals surface area contributed by atoms with Gasteiger partial charge in [-0.05, 0) is 30.9 Å². The minimum Gasteiger partial charge on any atom is -0.489 e. The second-order valence-corrected chi connectivity index (χ2v) is 6.90. The third-order valence-corrected chi connectivity index (χ3v) is 4.53. The Labute approximate surface area is 158 Å². The van der Waals surface area contributed by atoms with Gasteiger partial charge in [0.05, 0.1) is 5.56 Å². The molecule has 0 aliphatic carbocycles. The molecule has 1 amide bonds. The van der Waals surface area contributed by atoms with Crippen molar-refractivity contribution in [2.75, 3.05) is 18.4 Å². The smallest absolute Gasteiger partial charge is 0.255 e. The molecule has 0 atom stereocenters. The van der Waals surface area contributed by atoms with E-state index >= 15 is 0 Å². The first kappa shape index (κ1) is 19.4. The van der Waals surface area contributed by atoms with Crippen LogP contribution in [0, 0.1) is 5.92 Å². The van der Waals surface area contributed by atoms with Gasteiger partial charge < -0.3 is 9.64 Å². The van der Waals surface area contributed by atoms with Crippen LogP contribution in [0.15, 0.2) is 55.1 Å². The molecule has 1 fully saturated rings. The maximum atomic E-state index is 12.6. The van der Waals surface area contributed by atoms with E-state index in [9.17, 15) is 4.79 Å². The van der Waals surface area contributed by atoms with Gasteiger partial charge in [-0.3, -0.25) is 9.78 Å². The molecule has 0 unspecified atom stereocenters. The summed E-state index contributed by atoms with van der Waals surface area (Å²) in [6.07, 6.45) is 13.1. The molecule has 2 heterocycles. The number of aromatic nitrogens is 1. The Morgan fingerprint density at radius 2 is 2.16 bits per heavy atom. The highest BCUT2D eigenvalue weighted by molar-refractivity contribution is 9.09. The van der Waals surface area contributed by atoms with Crippen LogP contribution in [0.3, 0.4) is 0 Å². The zero-order valence-corrected chi connectivity index (χ0v) is 16.2. The topological polar surface area (TPSA) is 42.4 Å². The number of carbonyl (C=O) groups is 1. The van der Waals surface area contributed by atoms with E-state index in [1.54, 1.807) is 18.5 Å². The number of nitrogens with zero attached hydrogens (tertiary/aromatic N) is 2. The fraction of sp³-hybridized carbons (Fsp3) is 0.400. The molecule has 1 aliphatic heterocycles. The lowest BCUT2D eigenvalue weighted by Gasteiger charge is -2.30. The average molecular weight is 405 g/mol. The number of hydrogen-bond acceptors (Lipinski definition) is 3. The highest BCUT2D eigenvalue weighted by Gasteiger charge is 2.21. The molecule has 0 spiro atoms. The second-order valence-electron chi connectivity index (χ2n) is 6.25. The minimum atomic E-state index is 0.0554. The predicted molar refractivity (Wildman–Crippen MR) is 105 cm³/mol. The van der Waals surface area contributed by atoms with Crippen LogP contribution in [-0.4, -0.2) is 34.2 Å². The van der Waals surface area contributed by atoms with Crippen LogP contribution >= 0.6 is 15.9 Å². The summed E-state index contributed by atoms with van der Waals surface area (Å²) >= 11 is 3.32. The van der Waals surface area contributed by atoms with Crippen LogP contribution in [0.25, 0.3) is 0 Å². The quantitative estimate of drug-likeness (QED) is 0.381. The first-order chi connectivity index (χ1) is 12.1. The van der Waals surface area contributed by atoms with Crippen molar-refractivity contribution in [2.45, 2.75) is 26.4 Å². The van der Waals surface area contributed by atoms with Crippen molar-refractivity contribution >= 4 is 21.8 Å². The molecule has 0 aromatic carbocycles. The molecule has 1 aliphatic rings. The molecule has 0 N–H and O–H groups in total. The van der Waals surface area contributed by atoms with Gasteiger partial charge in [-0.25, -0.2) is 0 Å². The van der Waals surface area contributed by atoms with Crippen LogP contribution in [0.1, 0.15) is 35.7 Å². The Balaban J connectivity index is 1.90. The van der Waals surface area contributed by atoms with Gasteiger partial charge in [0.1, 0.15) is 12.4 Å². The highest BCUT2D eigenvalue weighted by atomic mass is 79.9. The number of halogens is 1. The first-order valence-electron chi connectivity index (χ1n) is 8.54. The molecule has 134 valence electrons. The Bertz CT molecular complexity index is 647. The third kappa shape index (κ3) is 6.50. The van der Waals surface area contributed by atoms with Crippen molar-refractivity contribution in [3.63, 3.8) is 0 Å². The fourth-order valence-electron chi connectivity index (χ4n) is 2.59. The molecule has 4 nitrogen and oxygen atoms in total. The van der Waals surface area contributed by atoms with Gasteiger partial charge in [0.2, 0.25) is 0 Å². The monoisotopic (exact) mass is 404 g/mol. The standard InChI is InChI=1S/C20H25BrN2O2/c1-16-7-10-23(11-8-16)20(24)19-12-18(13-22-14-19)15-25-17(2)6-4-3-5-9-21/h3-6,12-14,16H,2,7-11,15H2,1H3/b5-3-,6-4-. The van der Waals surface area contributed by atoms with Gasteiger partial charge in [-0.15, -0.1) is 0 Å². The number of carbonyl (C=O) groups excluding carboxylic acids is 1. The second kappa shape index (κ2) is 10.2. The van der Waals surface area contributed by atoms with Gasteiger partial charge in [0.15, 0.2) is 0 Å². The Kier molecular flexibility index (Phi) is 7.92. The lowest BCUT2D eigenvalue weighted by atomic mass is 9.99. The Morgan fingerprint density at radius 1 is 1.40 bits per heavy atom. The summed E-state index contributed by atoms with van der Waals surface area (Å²) in [6.45, 7) is 8.08. The predicted octanol–water partition coefficient (Wildman–Crippen LogP) is 4.49. The SMILES string of the molecule is C=C(/C=C\C=C/CBr)OCc1cncc(C(=O)N2CCC(C)CC2)c1. The van der Waals surface area contributed by atoms with E-state index in [0.717, 1.165) is 36.8 Å². The lowest BCUT2D eigenvalue weighted by Crippen LogP contribution is -2.38. The van der Waals surface area contributed by atoms with Crippen LogP contribution < -0.4 is 0 Å². The number of piperidine rings is 1. The maximum Gasteiger partial charge on any atom is 0.255 e. The van der Waals surface area contributed by atoms with E-state index in [1.807, 2.05) is 29.2 Å². The van der Waals surface area contributed by atoms with Gasteiger partial charge in [-0.2, -0.15) is 0 Å². The molecule has 0 radical (unpaired) electrons. The van der Waals surface area contributed by atoms with Crippen molar-refractivity contribution < 1.29 is 9.53 Å². The maximum absolute atomic E-state index is 12.6. The molecule has 2 rings (SSSR count). The van der Waals surface area contributed by atoms with Crippen molar-refractivity contribution in [3.05, 3.63) is 66.2 Å². The highest BCUT2D eigenvalue weighted by Crippen LogP contribution is 2.18.